The lowest BCUT2D eigenvalue weighted by atomic mass is 10.1. The Morgan fingerprint density at radius 3 is 1.62 bits per heavy atom. The number of unbranched alkanes of at least 4 members (excludes halogenated alkanes) is 10. The summed E-state index contributed by atoms with van der Waals surface area (Å²) in [4.78, 5) is 0. The molecule has 0 atom stereocenters. The molecule has 0 radical (unpaired) electrons. The smallest absolute Gasteiger partial charge is 0.271 e. The van der Waals surface area contributed by atoms with Crippen LogP contribution in [0.15, 0.2) is 12.1 Å². The summed E-state index contributed by atoms with van der Waals surface area (Å²) >= 11 is 0. The third-order valence-electron chi connectivity index (χ3n) is 5.64. The fourth-order valence-electron chi connectivity index (χ4n) is 3.75. The molecule has 1 rings (SSSR count). The van der Waals surface area contributed by atoms with E-state index in [1.807, 2.05) is 0 Å². The van der Waals surface area contributed by atoms with Crippen molar-refractivity contribution >= 4 is 20.2 Å². The van der Waals surface area contributed by atoms with Crippen molar-refractivity contribution < 1.29 is 30.3 Å². The fourth-order valence-corrected chi connectivity index (χ4v) is 5.99. The van der Waals surface area contributed by atoms with Gasteiger partial charge in [0.25, 0.3) is 20.2 Å². The number of hydrogen-bond acceptors (Lipinski definition) is 7. The van der Waals surface area contributed by atoms with Gasteiger partial charge in [-0.15, -0.1) is 0 Å². The van der Waals surface area contributed by atoms with Crippen LogP contribution in [0.4, 0.5) is 0 Å². The van der Waals surface area contributed by atoms with Crippen molar-refractivity contribution in [2.24, 2.45) is 0 Å². The SMILES string of the molecule is CCCCCCCCOS(=O)(=O)Cc1cc(C)cc(O)c1CS(=O)(=O)OCCCCCCCC. The van der Waals surface area contributed by atoms with Gasteiger partial charge in [-0.2, -0.15) is 16.8 Å². The van der Waals surface area contributed by atoms with Gasteiger partial charge in [0.05, 0.1) is 13.2 Å². The zero-order valence-electron chi connectivity index (χ0n) is 21.2. The molecule has 0 saturated carbocycles. The van der Waals surface area contributed by atoms with Gasteiger partial charge in [0.15, 0.2) is 0 Å². The van der Waals surface area contributed by atoms with E-state index in [0.29, 0.717) is 18.4 Å². The molecule has 34 heavy (non-hydrogen) atoms. The van der Waals surface area contributed by atoms with Crippen LogP contribution >= 0.6 is 0 Å². The van der Waals surface area contributed by atoms with E-state index < -0.39 is 31.7 Å². The molecule has 198 valence electrons. The number of aromatic hydroxyl groups is 1. The maximum atomic E-state index is 12.5. The fraction of sp³-hybridized carbons (Fsp3) is 0.760. The standard InChI is InChI=1S/C25H44O7S2/c1-4-6-8-10-12-14-16-31-33(27,28)20-23-18-22(3)19-25(26)24(23)21-34(29,30)32-17-15-13-11-9-7-5-2/h18-19,26H,4-17,20-21H2,1-3H3. The molecule has 0 fully saturated rings. The molecule has 1 N–H and O–H groups in total. The van der Waals surface area contributed by atoms with E-state index in [1.54, 1.807) is 13.0 Å². The Balaban J connectivity index is 2.69. The van der Waals surface area contributed by atoms with E-state index >= 15 is 0 Å². The van der Waals surface area contributed by atoms with Gasteiger partial charge in [0.1, 0.15) is 17.3 Å². The minimum absolute atomic E-state index is 0.0419. The summed E-state index contributed by atoms with van der Waals surface area (Å²) in [5.74, 6) is -1.34. The van der Waals surface area contributed by atoms with Crippen LogP contribution in [0.25, 0.3) is 0 Å². The van der Waals surface area contributed by atoms with E-state index in [-0.39, 0.29) is 30.1 Å². The van der Waals surface area contributed by atoms with Gasteiger partial charge in [-0.25, -0.2) is 0 Å². The molecule has 0 unspecified atom stereocenters. The largest absolute Gasteiger partial charge is 0.508 e. The summed E-state index contributed by atoms with van der Waals surface area (Å²) in [6, 6.07) is 3.00. The molecule has 0 aliphatic rings. The normalized spacial score (nSPS) is 12.3. The van der Waals surface area contributed by atoms with E-state index in [0.717, 1.165) is 51.4 Å². The molecule has 0 aliphatic heterocycles. The maximum Gasteiger partial charge on any atom is 0.271 e. The maximum absolute atomic E-state index is 12.5. The van der Waals surface area contributed by atoms with Crippen molar-refractivity contribution in [3.05, 3.63) is 28.8 Å². The topological polar surface area (TPSA) is 107 Å². The summed E-state index contributed by atoms with van der Waals surface area (Å²) in [5.41, 5.74) is 0.889. The number of rotatable bonds is 20. The van der Waals surface area contributed by atoms with Gasteiger partial charge in [-0.1, -0.05) is 84.1 Å². The van der Waals surface area contributed by atoms with Gasteiger partial charge < -0.3 is 5.11 Å². The molecule has 0 spiro atoms. The van der Waals surface area contributed by atoms with E-state index in [1.165, 1.54) is 18.9 Å². The molecule has 0 aromatic heterocycles. The van der Waals surface area contributed by atoms with Gasteiger partial charge in [0, 0.05) is 5.56 Å². The van der Waals surface area contributed by atoms with Crippen molar-refractivity contribution in [2.75, 3.05) is 13.2 Å². The predicted molar refractivity (Wildman–Crippen MR) is 137 cm³/mol. The Morgan fingerprint density at radius 1 is 0.676 bits per heavy atom. The summed E-state index contributed by atoms with van der Waals surface area (Å²) in [6.45, 7) is 6.16. The highest BCUT2D eigenvalue weighted by molar-refractivity contribution is 7.86. The summed E-state index contributed by atoms with van der Waals surface area (Å²) in [5, 5.41) is 10.4. The third-order valence-corrected chi connectivity index (χ3v) is 8.00. The highest BCUT2D eigenvalue weighted by Gasteiger charge is 2.23. The molecule has 1 aromatic carbocycles. The number of phenols is 1. The molecule has 0 heterocycles. The van der Waals surface area contributed by atoms with Crippen LogP contribution < -0.4 is 0 Å². The zero-order chi connectivity index (χ0) is 25.5. The van der Waals surface area contributed by atoms with E-state index in [2.05, 4.69) is 13.8 Å². The quantitative estimate of drug-likeness (QED) is 0.163. The van der Waals surface area contributed by atoms with Crippen LogP contribution in [0.1, 0.15) is 108 Å². The van der Waals surface area contributed by atoms with Crippen LogP contribution in [-0.2, 0) is 40.1 Å². The van der Waals surface area contributed by atoms with Crippen molar-refractivity contribution in [2.45, 2.75) is 109 Å². The van der Waals surface area contributed by atoms with Gasteiger partial charge >= 0.3 is 0 Å². The van der Waals surface area contributed by atoms with Gasteiger partial charge in [0.2, 0.25) is 0 Å². The first-order chi connectivity index (χ1) is 16.1. The summed E-state index contributed by atoms with van der Waals surface area (Å²) in [6.07, 6.45) is 12.1. The Labute approximate surface area is 207 Å². The highest BCUT2D eigenvalue weighted by atomic mass is 32.2. The molecule has 0 aliphatic carbocycles. The van der Waals surface area contributed by atoms with E-state index in [4.69, 9.17) is 8.37 Å². The Morgan fingerprint density at radius 2 is 1.12 bits per heavy atom. The third kappa shape index (κ3) is 13.7. The molecular formula is C25H44O7S2. The molecular weight excluding hydrogens is 476 g/mol. The van der Waals surface area contributed by atoms with Crippen molar-refractivity contribution in [3.63, 3.8) is 0 Å². The molecule has 0 bridgehead atoms. The monoisotopic (exact) mass is 520 g/mol. The zero-order valence-corrected chi connectivity index (χ0v) is 22.8. The van der Waals surface area contributed by atoms with Crippen molar-refractivity contribution in [1.29, 1.82) is 0 Å². The lowest BCUT2D eigenvalue weighted by Gasteiger charge is -2.14. The minimum atomic E-state index is -3.97. The second-order valence-corrected chi connectivity index (χ2v) is 12.3. The number of aryl methyl sites for hydroxylation is 1. The van der Waals surface area contributed by atoms with Crippen LogP contribution in [0, 0.1) is 6.92 Å². The first kappa shape index (κ1) is 30.9. The average Bonchev–Trinajstić information content (AvgIpc) is 2.74. The lowest BCUT2D eigenvalue weighted by molar-refractivity contribution is 0.303. The average molecular weight is 521 g/mol. The molecule has 0 saturated heterocycles. The Bertz CT molecular complexity index is 909. The summed E-state index contributed by atoms with van der Waals surface area (Å²) < 4.78 is 60.3. The van der Waals surface area contributed by atoms with Gasteiger partial charge in [-0.05, 0) is 37.0 Å². The van der Waals surface area contributed by atoms with Crippen molar-refractivity contribution in [1.82, 2.24) is 0 Å². The first-order valence-electron chi connectivity index (χ1n) is 12.7. The first-order valence-corrected chi connectivity index (χ1v) is 15.8. The lowest BCUT2D eigenvalue weighted by Crippen LogP contribution is -2.15. The molecule has 7 nitrogen and oxygen atoms in total. The van der Waals surface area contributed by atoms with Crippen molar-refractivity contribution in [3.8, 4) is 5.75 Å². The predicted octanol–water partition coefficient (Wildman–Crippen LogP) is 6.11. The molecule has 0 amide bonds. The number of benzene rings is 1. The minimum Gasteiger partial charge on any atom is -0.508 e. The number of hydrogen-bond donors (Lipinski definition) is 1. The summed E-state index contributed by atoms with van der Waals surface area (Å²) in [7, 11) is -7.90. The van der Waals surface area contributed by atoms with Crippen LogP contribution in [0.5, 0.6) is 5.75 Å². The molecule has 9 heteroatoms. The van der Waals surface area contributed by atoms with Crippen LogP contribution in [-0.4, -0.2) is 35.2 Å². The Hall–Kier alpha value is -1.16. The van der Waals surface area contributed by atoms with E-state index in [9.17, 15) is 21.9 Å². The highest BCUT2D eigenvalue weighted by Crippen LogP contribution is 2.28. The van der Waals surface area contributed by atoms with Gasteiger partial charge in [-0.3, -0.25) is 8.37 Å². The second-order valence-electron chi connectivity index (χ2n) is 9.01. The van der Waals surface area contributed by atoms with Crippen LogP contribution in [0.2, 0.25) is 0 Å². The number of phenolic OH excluding ortho intramolecular Hbond substituents is 1. The molecule has 1 aromatic rings. The van der Waals surface area contributed by atoms with Crippen LogP contribution in [0.3, 0.4) is 0 Å². The Kier molecular flexibility index (Phi) is 15.0. The second kappa shape index (κ2) is 16.5.